The fourth-order valence-electron chi connectivity index (χ4n) is 2.20. The molecule has 0 unspecified atom stereocenters. The molecule has 0 aromatic heterocycles. The minimum atomic E-state index is -0.293. The predicted octanol–water partition coefficient (Wildman–Crippen LogP) is -0.0825. The molecule has 14 heavy (non-hydrogen) atoms. The van der Waals surface area contributed by atoms with E-state index in [2.05, 4.69) is 10.1 Å². The summed E-state index contributed by atoms with van der Waals surface area (Å²) in [6, 6.07) is 0. The van der Waals surface area contributed by atoms with E-state index in [0.717, 1.165) is 32.5 Å². The second-order valence-corrected chi connectivity index (χ2v) is 4.17. The van der Waals surface area contributed by atoms with Crippen molar-refractivity contribution in [2.45, 2.75) is 19.8 Å². The van der Waals surface area contributed by atoms with Gasteiger partial charge in [0.1, 0.15) is 5.84 Å². The van der Waals surface area contributed by atoms with Gasteiger partial charge in [-0.3, -0.25) is 0 Å². The van der Waals surface area contributed by atoms with E-state index >= 15 is 0 Å². The average Bonchev–Trinajstić information content (AvgIpc) is 2.74. The normalized spacial score (nSPS) is 36.1. The number of amidine groups is 1. The largest absolute Gasteiger partial charge is 0.385 e. The molecule has 2 aliphatic rings. The lowest BCUT2D eigenvalue weighted by molar-refractivity contribution is -0.154. The summed E-state index contributed by atoms with van der Waals surface area (Å²) in [4.78, 5) is 18.8. The number of oxime groups is 1. The number of nitrogens with zero attached hydrogens (tertiary/aromatic N) is 2. The van der Waals surface area contributed by atoms with E-state index in [1.165, 1.54) is 0 Å². The van der Waals surface area contributed by atoms with Gasteiger partial charge in [-0.2, -0.15) is 0 Å². The Hall–Kier alpha value is -1.10. The first-order valence-corrected chi connectivity index (χ1v) is 4.86. The van der Waals surface area contributed by atoms with Crippen molar-refractivity contribution in [2.75, 3.05) is 19.6 Å². The zero-order chi connectivity index (χ0) is 10.2. The van der Waals surface area contributed by atoms with Gasteiger partial charge in [0.25, 0.3) is 0 Å². The number of carbonyl (C=O) groups excluding carboxylic acids is 1. The Morgan fingerprint density at radius 2 is 2.14 bits per heavy atom. The van der Waals surface area contributed by atoms with Crippen LogP contribution in [0.5, 0.6) is 0 Å². The zero-order valence-corrected chi connectivity index (χ0v) is 8.32. The Morgan fingerprint density at radius 3 is 2.57 bits per heavy atom. The molecule has 78 valence electrons. The Kier molecular flexibility index (Phi) is 2.19. The first kappa shape index (κ1) is 9.45. The number of carbonyl (C=O) groups is 1. The first-order valence-electron chi connectivity index (χ1n) is 4.86. The summed E-state index contributed by atoms with van der Waals surface area (Å²) >= 11 is 0. The molecule has 0 saturated carbocycles. The molecular formula is C9H15N3O2. The Bertz CT molecular complexity index is 276. The van der Waals surface area contributed by atoms with Crippen molar-refractivity contribution in [3.05, 3.63) is 0 Å². The van der Waals surface area contributed by atoms with Gasteiger partial charge < -0.3 is 15.5 Å². The van der Waals surface area contributed by atoms with Gasteiger partial charge in [0, 0.05) is 6.54 Å². The molecule has 0 amide bonds. The van der Waals surface area contributed by atoms with Gasteiger partial charge in [0.05, 0.1) is 5.41 Å². The third-order valence-corrected chi connectivity index (χ3v) is 3.04. The molecule has 5 heteroatoms. The van der Waals surface area contributed by atoms with Gasteiger partial charge in [0.15, 0.2) is 0 Å². The third-order valence-electron chi connectivity index (χ3n) is 3.04. The summed E-state index contributed by atoms with van der Waals surface area (Å²) in [5.41, 5.74) is 5.00. The highest BCUT2D eigenvalue weighted by molar-refractivity contribution is 5.81. The van der Waals surface area contributed by atoms with E-state index in [4.69, 9.17) is 10.6 Å². The van der Waals surface area contributed by atoms with Gasteiger partial charge in [-0.1, -0.05) is 5.16 Å². The summed E-state index contributed by atoms with van der Waals surface area (Å²) in [5.74, 6) is 0.0601. The van der Waals surface area contributed by atoms with Crippen molar-refractivity contribution in [1.29, 1.82) is 0 Å². The van der Waals surface area contributed by atoms with Crippen LogP contribution in [-0.4, -0.2) is 36.3 Å². The maximum atomic E-state index is 11.7. The van der Waals surface area contributed by atoms with E-state index in [1.807, 2.05) is 0 Å². The fourth-order valence-corrected chi connectivity index (χ4v) is 2.20. The maximum Gasteiger partial charge on any atom is 0.342 e. The molecule has 2 N–H and O–H groups in total. The molecule has 0 aliphatic carbocycles. The summed E-state index contributed by atoms with van der Waals surface area (Å²) in [5, 5.41) is 3.51. The lowest BCUT2D eigenvalue weighted by atomic mass is 9.85. The topological polar surface area (TPSA) is 67.9 Å². The average molecular weight is 197 g/mol. The maximum absolute atomic E-state index is 11.7. The van der Waals surface area contributed by atoms with E-state index in [0.29, 0.717) is 0 Å². The standard InChI is InChI=1S/C9H15N3O2/c1-7(10)11-14-8(13)9-2-4-12(6-9)5-3-9/h2-6H2,1H3,(H2,10,11). The number of rotatable bonds is 2. The van der Waals surface area contributed by atoms with Gasteiger partial charge >= 0.3 is 5.97 Å². The second-order valence-electron chi connectivity index (χ2n) is 4.17. The van der Waals surface area contributed by atoms with E-state index in [9.17, 15) is 4.79 Å². The van der Waals surface area contributed by atoms with Crippen LogP contribution in [0.15, 0.2) is 5.16 Å². The van der Waals surface area contributed by atoms with Crippen molar-refractivity contribution >= 4 is 11.8 Å². The van der Waals surface area contributed by atoms with Crippen LogP contribution in [-0.2, 0) is 9.63 Å². The quantitative estimate of drug-likeness (QED) is 0.291. The number of nitrogens with two attached hydrogens (primary N) is 1. The molecule has 2 saturated heterocycles. The molecule has 0 atom stereocenters. The van der Waals surface area contributed by atoms with Crippen LogP contribution in [0, 0.1) is 5.41 Å². The minimum absolute atomic E-state index is 0.220. The highest BCUT2D eigenvalue weighted by Crippen LogP contribution is 2.41. The van der Waals surface area contributed by atoms with Crippen LogP contribution in [0.1, 0.15) is 19.8 Å². The summed E-state index contributed by atoms with van der Waals surface area (Å²) < 4.78 is 0. The molecule has 2 aliphatic heterocycles. The summed E-state index contributed by atoms with van der Waals surface area (Å²) in [6.07, 6.45) is 1.79. The fraction of sp³-hybridized carbons (Fsp3) is 0.778. The lowest BCUT2D eigenvalue weighted by Gasteiger charge is -2.20. The molecule has 2 heterocycles. The molecule has 5 nitrogen and oxygen atoms in total. The van der Waals surface area contributed by atoms with Gasteiger partial charge in [-0.25, -0.2) is 4.79 Å². The highest BCUT2D eigenvalue weighted by atomic mass is 16.7. The van der Waals surface area contributed by atoms with Crippen molar-refractivity contribution in [3.63, 3.8) is 0 Å². The van der Waals surface area contributed by atoms with E-state index in [-0.39, 0.29) is 17.2 Å². The molecule has 2 bridgehead atoms. The van der Waals surface area contributed by atoms with E-state index < -0.39 is 0 Å². The Labute approximate surface area is 82.9 Å². The molecular weight excluding hydrogens is 182 g/mol. The molecule has 0 aromatic carbocycles. The second kappa shape index (κ2) is 3.24. The molecule has 0 spiro atoms. The summed E-state index contributed by atoms with van der Waals surface area (Å²) in [7, 11) is 0. The van der Waals surface area contributed by atoms with Crippen molar-refractivity contribution < 1.29 is 9.63 Å². The van der Waals surface area contributed by atoms with Crippen LogP contribution in [0.2, 0.25) is 0 Å². The Balaban J connectivity index is 2.01. The highest BCUT2D eigenvalue weighted by Gasteiger charge is 2.50. The first-order chi connectivity index (χ1) is 6.62. The summed E-state index contributed by atoms with van der Waals surface area (Å²) in [6.45, 7) is 4.42. The SMILES string of the molecule is C/C(N)=N/OC(=O)C12CCN(CC1)C2. The molecule has 0 aromatic rings. The lowest BCUT2D eigenvalue weighted by Crippen LogP contribution is -2.31. The van der Waals surface area contributed by atoms with Crippen LogP contribution in [0.3, 0.4) is 0 Å². The van der Waals surface area contributed by atoms with Crippen LogP contribution >= 0.6 is 0 Å². The predicted molar refractivity (Wildman–Crippen MR) is 51.5 cm³/mol. The Morgan fingerprint density at radius 1 is 1.50 bits per heavy atom. The van der Waals surface area contributed by atoms with Crippen LogP contribution in [0.4, 0.5) is 0 Å². The van der Waals surface area contributed by atoms with Gasteiger partial charge in [-0.05, 0) is 32.9 Å². The van der Waals surface area contributed by atoms with Crippen LogP contribution < -0.4 is 5.73 Å². The number of hydrogen-bond donors (Lipinski definition) is 1. The number of piperidine rings is 1. The number of hydrogen-bond acceptors (Lipinski definition) is 4. The third kappa shape index (κ3) is 1.48. The van der Waals surface area contributed by atoms with Crippen molar-refractivity contribution in [3.8, 4) is 0 Å². The number of fused-ring (bicyclic) bond motifs is 2. The van der Waals surface area contributed by atoms with Crippen molar-refractivity contribution in [1.82, 2.24) is 4.90 Å². The van der Waals surface area contributed by atoms with Gasteiger partial charge in [-0.15, -0.1) is 0 Å². The van der Waals surface area contributed by atoms with Crippen LogP contribution in [0.25, 0.3) is 0 Å². The smallest absolute Gasteiger partial charge is 0.342 e. The molecule has 2 fully saturated rings. The molecule has 0 radical (unpaired) electrons. The van der Waals surface area contributed by atoms with Gasteiger partial charge in [0.2, 0.25) is 0 Å². The molecule has 2 rings (SSSR count). The minimum Gasteiger partial charge on any atom is -0.385 e. The zero-order valence-electron chi connectivity index (χ0n) is 8.32. The monoisotopic (exact) mass is 197 g/mol. The van der Waals surface area contributed by atoms with E-state index in [1.54, 1.807) is 6.92 Å². The van der Waals surface area contributed by atoms with Crippen molar-refractivity contribution in [2.24, 2.45) is 16.3 Å².